The molecule has 4 atom stereocenters. The molecule has 17 heteroatoms. The molecule has 2 rings (SSSR count). The summed E-state index contributed by atoms with van der Waals surface area (Å²) < 4.78 is 0. The number of nitrogens with one attached hydrogen (secondary N) is 7. The van der Waals surface area contributed by atoms with Crippen LogP contribution in [0.15, 0.2) is 30.5 Å². The van der Waals surface area contributed by atoms with Crippen LogP contribution in [-0.4, -0.2) is 94.0 Å². The van der Waals surface area contributed by atoms with Crippen LogP contribution in [0.1, 0.15) is 38.2 Å². The van der Waals surface area contributed by atoms with Crippen LogP contribution in [0.4, 0.5) is 0 Å². The number of para-hydroxylation sites is 1. The van der Waals surface area contributed by atoms with Crippen LogP contribution in [0.3, 0.4) is 0 Å². The lowest BCUT2D eigenvalue weighted by Crippen LogP contribution is -2.57. The van der Waals surface area contributed by atoms with E-state index in [1.54, 1.807) is 12.3 Å². The van der Waals surface area contributed by atoms with E-state index in [4.69, 9.17) is 22.0 Å². The Balaban J connectivity index is 2.20. The number of fused-ring (bicyclic) bond motifs is 1. The van der Waals surface area contributed by atoms with Crippen molar-refractivity contribution in [3.8, 4) is 0 Å². The molecule has 0 aliphatic rings. The minimum atomic E-state index is -1.36. The van der Waals surface area contributed by atoms with Gasteiger partial charge in [0.2, 0.25) is 23.6 Å². The van der Waals surface area contributed by atoms with Crippen molar-refractivity contribution < 1.29 is 39.0 Å². The molecule has 1 aromatic heterocycles. The number of carboxylic acids is 2. The Hall–Kier alpha value is -5.19. The number of amides is 4. The summed E-state index contributed by atoms with van der Waals surface area (Å²) in [5.41, 5.74) is 12.6. The largest absolute Gasteiger partial charge is 0.481 e. The molecule has 0 saturated carbocycles. The molecule has 0 fully saturated rings. The zero-order chi connectivity index (χ0) is 32.8. The second-order valence-corrected chi connectivity index (χ2v) is 10.1. The standard InChI is InChI=1S/C27H39N9O8/c1-14(26(43)44)34-21(37)13-33-24(41)20(11-15-12-32-18-7-3-2-5-16(15)18)36-25(42)19(8-9-22(38)39)35-23(40)17(28)6-4-10-31-27(29)30/h2-3,5,7,12,14,17,19-20,32H,4,6,8-11,13,28H2,1H3,(H,33,41)(H,34,37)(H,35,40)(H,36,42)(H,38,39)(H,43,44)(H4,29,30,31)/t14-,17-,19-,20-/m0/s1. The van der Waals surface area contributed by atoms with E-state index in [9.17, 15) is 33.9 Å². The number of guanidine groups is 1. The van der Waals surface area contributed by atoms with E-state index >= 15 is 0 Å². The van der Waals surface area contributed by atoms with Gasteiger partial charge in [0.1, 0.15) is 18.1 Å². The number of hydrogen-bond acceptors (Lipinski definition) is 8. The van der Waals surface area contributed by atoms with Crippen molar-refractivity contribution in [2.45, 2.75) is 63.2 Å². The molecule has 0 unspecified atom stereocenters. The highest BCUT2D eigenvalue weighted by Gasteiger charge is 2.29. The predicted octanol–water partition coefficient (Wildman–Crippen LogP) is -2.16. The van der Waals surface area contributed by atoms with Gasteiger partial charge in [-0.3, -0.25) is 34.2 Å². The summed E-state index contributed by atoms with van der Waals surface area (Å²) in [6.45, 7) is 0.961. The molecule has 0 spiro atoms. The number of benzene rings is 1. The summed E-state index contributed by atoms with van der Waals surface area (Å²) >= 11 is 0. The van der Waals surface area contributed by atoms with Gasteiger partial charge >= 0.3 is 11.9 Å². The first-order valence-corrected chi connectivity index (χ1v) is 13.8. The molecule has 1 aromatic carbocycles. The molecule has 17 nitrogen and oxygen atoms in total. The summed E-state index contributed by atoms with van der Waals surface area (Å²) in [7, 11) is 0. The Morgan fingerprint density at radius 3 is 2.27 bits per heavy atom. The minimum Gasteiger partial charge on any atom is -0.481 e. The van der Waals surface area contributed by atoms with Crippen molar-refractivity contribution in [1.82, 2.24) is 31.6 Å². The lowest BCUT2D eigenvalue weighted by Gasteiger charge is -2.24. The van der Waals surface area contributed by atoms with E-state index in [2.05, 4.69) is 31.6 Å². The van der Waals surface area contributed by atoms with E-state index in [1.165, 1.54) is 6.92 Å². The van der Waals surface area contributed by atoms with Crippen molar-refractivity contribution >= 4 is 52.4 Å². The number of H-pyrrole nitrogens is 1. The summed E-state index contributed by atoms with van der Waals surface area (Å²) in [6.07, 6.45) is 1.39. The van der Waals surface area contributed by atoms with Gasteiger partial charge in [0.05, 0.1) is 12.6 Å². The third kappa shape index (κ3) is 11.6. The quantitative estimate of drug-likeness (QED) is 0.0486. The molecule has 0 bridgehead atoms. The van der Waals surface area contributed by atoms with Crippen molar-refractivity contribution in [3.05, 3.63) is 36.0 Å². The Labute approximate surface area is 252 Å². The van der Waals surface area contributed by atoms with Crippen molar-refractivity contribution in [2.75, 3.05) is 13.1 Å². The van der Waals surface area contributed by atoms with Crippen LogP contribution in [0.5, 0.6) is 0 Å². The first-order chi connectivity index (χ1) is 20.8. The first kappa shape index (κ1) is 35.0. The van der Waals surface area contributed by atoms with E-state index < -0.39 is 72.7 Å². The monoisotopic (exact) mass is 617 g/mol. The first-order valence-electron chi connectivity index (χ1n) is 13.8. The van der Waals surface area contributed by atoms with E-state index in [0.29, 0.717) is 12.0 Å². The Morgan fingerprint density at radius 1 is 0.932 bits per heavy atom. The number of rotatable bonds is 18. The number of carboxylic acid groups (broad SMARTS) is 2. The number of aromatic nitrogens is 1. The third-order valence-corrected chi connectivity index (χ3v) is 6.53. The zero-order valence-electron chi connectivity index (χ0n) is 24.1. The second kappa shape index (κ2) is 17.1. The normalized spacial score (nSPS) is 13.5. The third-order valence-electron chi connectivity index (χ3n) is 6.53. The number of hydrogen-bond donors (Lipinski definition) is 11. The minimum absolute atomic E-state index is 0.0446. The van der Waals surface area contributed by atoms with Gasteiger partial charge < -0.3 is 53.2 Å². The second-order valence-electron chi connectivity index (χ2n) is 10.1. The topological polar surface area (TPSA) is 295 Å². The average Bonchev–Trinajstić information content (AvgIpc) is 3.37. The van der Waals surface area contributed by atoms with E-state index in [1.807, 2.05) is 18.2 Å². The van der Waals surface area contributed by atoms with Crippen molar-refractivity contribution in [1.29, 1.82) is 5.41 Å². The van der Waals surface area contributed by atoms with Crippen LogP contribution >= 0.6 is 0 Å². The average molecular weight is 618 g/mol. The lowest BCUT2D eigenvalue weighted by atomic mass is 10.0. The Bertz CT molecular complexity index is 1360. The molecular weight excluding hydrogens is 578 g/mol. The fraction of sp³-hybridized carbons (Fsp3) is 0.444. The van der Waals surface area contributed by atoms with E-state index in [0.717, 1.165) is 10.9 Å². The molecule has 0 saturated heterocycles. The molecule has 0 aliphatic heterocycles. The van der Waals surface area contributed by atoms with Gasteiger partial charge in [-0.25, -0.2) is 0 Å². The van der Waals surface area contributed by atoms with Crippen molar-refractivity contribution in [2.24, 2.45) is 11.5 Å². The molecule has 0 radical (unpaired) electrons. The van der Waals surface area contributed by atoms with Gasteiger partial charge in [0, 0.05) is 36.5 Å². The molecule has 240 valence electrons. The van der Waals surface area contributed by atoms with Crippen LogP contribution in [0.2, 0.25) is 0 Å². The Morgan fingerprint density at radius 2 is 1.61 bits per heavy atom. The van der Waals surface area contributed by atoms with E-state index in [-0.39, 0.29) is 31.8 Å². The number of aromatic amines is 1. The Kier molecular flexibility index (Phi) is 13.6. The van der Waals surface area contributed by atoms with Crippen LogP contribution in [0.25, 0.3) is 10.9 Å². The predicted molar refractivity (Wildman–Crippen MR) is 158 cm³/mol. The number of nitrogens with two attached hydrogens (primary N) is 2. The maximum absolute atomic E-state index is 13.4. The zero-order valence-corrected chi connectivity index (χ0v) is 24.1. The molecule has 44 heavy (non-hydrogen) atoms. The maximum Gasteiger partial charge on any atom is 0.325 e. The van der Waals surface area contributed by atoms with Gasteiger partial charge in [0.15, 0.2) is 5.96 Å². The van der Waals surface area contributed by atoms with Gasteiger partial charge in [-0.15, -0.1) is 0 Å². The van der Waals surface area contributed by atoms with Gasteiger partial charge in [-0.1, -0.05) is 18.2 Å². The number of aliphatic carboxylic acids is 2. The molecule has 13 N–H and O–H groups in total. The SMILES string of the molecule is C[C@H](NC(=O)CNC(=O)[C@H](Cc1c[nH]c2ccccc12)NC(=O)[C@H](CCC(=O)O)NC(=O)[C@@H](N)CCCNC(=N)N)C(=O)O. The molecular formula is C27H39N9O8. The van der Waals surface area contributed by atoms with Crippen molar-refractivity contribution in [3.63, 3.8) is 0 Å². The fourth-order valence-electron chi connectivity index (χ4n) is 4.14. The number of carbonyl (C=O) groups excluding carboxylic acids is 4. The highest BCUT2D eigenvalue weighted by molar-refractivity contribution is 5.95. The maximum atomic E-state index is 13.4. The van der Waals surface area contributed by atoms with Gasteiger partial charge in [-0.2, -0.15) is 0 Å². The molecule has 2 aromatic rings. The van der Waals surface area contributed by atoms with Crippen LogP contribution in [-0.2, 0) is 35.2 Å². The van der Waals surface area contributed by atoms with Gasteiger partial charge in [0.25, 0.3) is 0 Å². The fourth-order valence-corrected chi connectivity index (χ4v) is 4.14. The lowest BCUT2D eigenvalue weighted by molar-refractivity contribution is -0.141. The summed E-state index contributed by atoms with van der Waals surface area (Å²) in [5, 5.41) is 38.3. The summed E-state index contributed by atoms with van der Waals surface area (Å²) in [6, 6.07) is 2.33. The highest BCUT2D eigenvalue weighted by Crippen LogP contribution is 2.19. The van der Waals surface area contributed by atoms with Crippen LogP contribution in [0, 0.1) is 5.41 Å². The molecule has 0 aliphatic carbocycles. The molecule has 1 heterocycles. The smallest absolute Gasteiger partial charge is 0.325 e. The highest BCUT2D eigenvalue weighted by atomic mass is 16.4. The summed E-state index contributed by atoms with van der Waals surface area (Å²) in [5.74, 6) is -5.85. The van der Waals surface area contributed by atoms with Crippen LogP contribution < -0.4 is 38.1 Å². The number of carbonyl (C=O) groups is 6. The summed E-state index contributed by atoms with van der Waals surface area (Å²) in [4.78, 5) is 76.8. The molecule has 4 amide bonds. The van der Waals surface area contributed by atoms with Gasteiger partial charge in [-0.05, 0) is 37.8 Å².